The van der Waals surface area contributed by atoms with Crippen molar-refractivity contribution in [2.24, 2.45) is 0 Å². The summed E-state index contributed by atoms with van der Waals surface area (Å²) >= 11 is 0. The molecule has 0 N–H and O–H groups in total. The van der Waals surface area contributed by atoms with Crippen molar-refractivity contribution in [1.29, 1.82) is 0 Å². The summed E-state index contributed by atoms with van der Waals surface area (Å²) in [6.45, 7) is 18.6. The van der Waals surface area contributed by atoms with E-state index in [0.717, 1.165) is 28.7 Å². The Bertz CT molecular complexity index is 1190. The van der Waals surface area contributed by atoms with Gasteiger partial charge in [0.2, 0.25) is 0 Å². The van der Waals surface area contributed by atoms with Crippen LogP contribution < -0.4 is 4.52 Å². The second-order valence-electron chi connectivity index (χ2n) is 12.2. The molecule has 7 heteroatoms. The lowest BCUT2D eigenvalue weighted by molar-refractivity contribution is 0.142. The molecule has 0 aliphatic carbocycles. The lowest BCUT2D eigenvalue weighted by atomic mass is 9.79. The molecule has 3 aromatic carbocycles. The number of hydrogen-bond acceptors (Lipinski definition) is 5. The van der Waals surface area contributed by atoms with Crippen LogP contribution in [0.4, 0.5) is 0 Å². The van der Waals surface area contributed by atoms with Crippen LogP contribution in [0, 0.1) is 6.92 Å². The molecule has 0 bridgehead atoms. The number of hydrogen-bond donors (Lipinski definition) is 0. The zero-order chi connectivity index (χ0) is 28.7. The van der Waals surface area contributed by atoms with Gasteiger partial charge in [0, 0.05) is 12.2 Å². The van der Waals surface area contributed by atoms with Gasteiger partial charge in [0.15, 0.2) is 8.32 Å². The second-order valence-corrected chi connectivity index (χ2v) is 18.6. The largest absolute Gasteiger partial charge is 0.530 e. The average molecular weight is 569 g/mol. The molecule has 3 aromatic rings. The molecule has 0 aromatic heterocycles. The summed E-state index contributed by atoms with van der Waals surface area (Å²) < 4.78 is 38.6. The minimum absolute atomic E-state index is 0.109. The number of phosphoric acid groups is 1. The van der Waals surface area contributed by atoms with E-state index in [1.807, 2.05) is 72.8 Å². The number of aryl methyl sites for hydroxylation is 1. The maximum absolute atomic E-state index is 14.1. The summed E-state index contributed by atoms with van der Waals surface area (Å²) in [4.78, 5) is 0. The van der Waals surface area contributed by atoms with E-state index in [0.29, 0.717) is 12.4 Å². The minimum Gasteiger partial charge on any atom is -0.417 e. The van der Waals surface area contributed by atoms with Crippen LogP contribution in [0.1, 0.15) is 63.3 Å². The second kappa shape index (κ2) is 13.0. The Morgan fingerprint density at radius 3 is 1.74 bits per heavy atom. The van der Waals surface area contributed by atoms with Crippen LogP contribution in [0.25, 0.3) is 0 Å². The van der Waals surface area contributed by atoms with Crippen molar-refractivity contribution in [2.75, 3.05) is 6.61 Å². The van der Waals surface area contributed by atoms with Gasteiger partial charge in [0.25, 0.3) is 0 Å². The molecule has 0 unspecified atom stereocenters. The molecule has 0 radical (unpaired) electrons. The van der Waals surface area contributed by atoms with Gasteiger partial charge in [-0.15, -0.1) is 0 Å². The van der Waals surface area contributed by atoms with Crippen LogP contribution in [0.2, 0.25) is 18.1 Å². The zero-order valence-corrected chi connectivity index (χ0v) is 26.7. The fourth-order valence-electron chi connectivity index (χ4n) is 4.15. The van der Waals surface area contributed by atoms with Crippen molar-refractivity contribution in [3.8, 4) is 5.75 Å². The molecule has 0 amide bonds. The number of rotatable bonds is 13. The summed E-state index contributed by atoms with van der Waals surface area (Å²) in [6, 6.07) is 25.0. The quantitative estimate of drug-likeness (QED) is 0.152. The first-order chi connectivity index (χ1) is 18.2. The van der Waals surface area contributed by atoms with Gasteiger partial charge in [0.1, 0.15) is 5.75 Å². The van der Waals surface area contributed by atoms with Gasteiger partial charge in [-0.1, -0.05) is 107 Å². The van der Waals surface area contributed by atoms with E-state index in [2.05, 4.69) is 60.7 Å². The van der Waals surface area contributed by atoms with Crippen LogP contribution in [0.5, 0.6) is 5.75 Å². The van der Waals surface area contributed by atoms with Crippen molar-refractivity contribution in [1.82, 2.24) is 0 Å². The molecule has 0 fully saturated rings. The molecule has 212 valence electrons. The van der Waals surface area contributed by atoms with Gasteiger partial charge in [-0.25, -0.2) is 4.57 Å². The maximum Gasteiger partial charge on any atom is 0.530 e. The van der Waals surface area contributed by atoms with Crippen molar-refractivity contribution in [2.45, 2.75) is 84.7 Å². The topological polar surface area (TPSA) is 54.0 Å². The van der Waals surface area contributed by atoms with Crippen LogP contribution in [0.3, 0.4) is 0 Å². The van der Waals surface area contributed by atoms with Crippen molar-refractivity contribution in [3.63, 3.8) is 0 Å². The molecule has 39 heavy (non-hydrogen) atoms. The molecule has 0 heterocycles. The zero-order valence-electron chi connectivity index (χ0n) is 24.8. The number of phosphoric ester groups is 1. The molecule has 0 atom stereocenters. The highest BCUT2D eigenvalue weighted by molar-refractivity contribution is 7.48. The third-order valence-electron chi connectivity index (χ3n) is 7.58. The summed E-state index contributed by atoms with van der Waals surface area (Å²) in [6.07, 6.45) is 0.792. The van der Waals surface area contributed by atoms with E-state index in [9.17, 15) is 4.57 Å². The summed E-state index contributed by atoms with van der Waals surface area (Å²) in [5.41, 5.74) is 3.51. The molecular formula is C32H45O5PSi. The summed E-state index contributed by atoms with van der Waals surface area (Å²) in [7, 11) is -5.86. The fraction of sp³-hybridized carbons (Fsp3) is 0.438. The molecular weight excluding hydrogens is 523 g/mol. The Morgan fingerprint density at radius 1 is 0.744 bits per heavy atom. The van der Waals surface area contributed by atoms with Gasteiger partial charge in [-0.05, 0) is 59.6 Å². The molecule has 3 rings (SSSR count). The normalized spacial score (nSPS) is 12.9. The highest BCUT2D eigenvalue weighted by Gasteiger charge is 2.38. The van der Waals surface area contributed by atoms with Gasteiger partial charge in [0.05, 0.1) is 13.2 Å². The van der Waals surface area contributed by atoms with Crippen LogP contribution in [-0.4, -0.2) is 14.9 Å². The third kappa shape index (κ3) is 8.89. The smallest absolute Gasteiger partial charge is 0.417 e. The third-order valence-corrected chi connectivity index (χ3v) is 13.4. The van der Waals surface area contributed by atoms with Gasteiger partial charge in [-0.2, -0.15) is 0 Å². The predicted molar refractivity (Wildman–Crippen MR) is 163 cm³/mol. The molecule has 0 aliphatic heterocycles. The minimum atomic E-state index is -3.99. The summed E-state index contributed by atoms with van der Waals surface area (Å²) in [5, 5.41) is 0.146. The first kappa shape index (κ1) is 31.3. The Labute approximate surface area is 236 Å². The Hall–Kier alpha value is -2.21. The molecule has 0 spiro atoms. The van der Waals surface area contributed by atoms with Gasteiger partial charge < -0.3 is 8.95 Å². The highest BCUT2D eigenvalue weighted by atomic mass is 31.2. The van der Waals surface area contributed by atoms with Crippen LogP contribution in [-0.2, 0) is 36.7 Å². The predicted octanol–water partition coefficient (Wildman–Crippen LogP) is 9.61. The molecule has 5 nitrogen and oxygen atoms in total. The van der Waals surface area contributed by atoms with E-state index in [4.69, 9.17) is 18.0 Å². The highest BCUT2D eigenvalue weighted by Crippen LogP contribution is 2.53. The average Bonchev–Trinajstić information content (AvgIpc) is 2.87. The van der Waals surface area contributed by atoms with Crippen molar-refractivity contribution in [3.05, 3.63) is 101 Å². The van der Waals surface area contributed by atoms with Gasteiger partial charge in [-0.3, -0.25) is 9.05 Å². The Balaban J connectivity index is 1.85. The Kier molecular flexibility index (Phi) is 10.4. The Morgan fingerprint density at radius 2 is 1.26 bits per heavy atom. The molecule has 0 aliphatic rings. The van der Waals surface area contributed by atoms with Crippen molar-refractivity contribution >= 4 is 16.1 Å². The molecule has 0 saturated heterocycles. The SMILES string of the molecule is Cc1cccc(OP(=O)(OCc2ccccc2)OCc2ccccc2)c1C(C)(C)CCO[Si](C)(C)C(C)(C)C. The first-order valence-corrected chi connectivity index (χ1v) is 18.0. The van der Waals surface area contributed by atoms with Gasteiger partial charge >= 0.3 is 7.82 Å². The summed E-state index contributed by atoms with van der Waals surface area (Å²) in [5.74, 6) is 0.511. The lowest BCUT2D eigenvalue weighted by Gasteiger charge is -2.37. The standard InChI is InChI=1S/C32H45O5PSi/c1-26-16-15-21-29(30(26)32(5,6)22-23-36-39(7,8)31(2,3)4)37-38(33,34-24-27-17-11-9-12-18-27)35-25-28-19-13-10-14-20-28/h9-21H,22-25H2,1-8H3. The van der Waals surface area contributed by atoms with E-state index >= 15 is 0 Å². The van der Waals surface area contributed by atoms with E-state index in [1.165, 1.54) is 0 Å². The molecule has 0 saturated carbocycles. The first-order valence-electron chi connectivity index (χ1n) is 13.6. The monoisotopic (exact) mass is 568 g/mol. The maximum atomic E-state index is 14.1. The van der Waals surface area contributed by atoms with E-state index in [-0.39, 0.29) is 23.7 Å². The van der Waals surface area contributed by atoms with Crippen molar-refractivity contribution < 1.29 is 22.6 Å². The van der Waals surface area contributed by atoms with E-state index in [1.54, 1.807) is 0 Å². The lowest BCUT2D eigenvalue weighted by Crippen LogP contribution is -2.41. The fourth-order valence-corrected chi connectivity index (χ4v) is 6.39. The van der Waals surface area contributed by atoms with E-state index < -0.39 is 16.1 Å². The van der Waals surface area contributed by atoms with Crippen LogP contribution in [0.15, 0.2) is 78.9 Å². The number of benzene rings is 3. The van der Waals surface area contributed by atoms with Crippen LogP contribution >= 0.6 is 7.82 Å².